The number of rotatable bonds is 2. The number of ether oxygens (including phenoxy) is 1. The van der Waals surface area contributed by atoms with Crippen molar-refractivity contribution in [2.75, 3.05) is 0 Å². The Hall–Kier alpha value is -1.02. The molecule has 0 radical (unpaired) electrons. The molecule has 1 N–H and O–H groups in total. The number of aliphatic hydroxyl groups excluding tert-OH is 1. The SMILES string of the molecule is CCC(O)c1cccc2c1OC(C)(C)C2. The van der Waals surface area contributed by atoms with Crippen molar-refractivity contribution in [3.63, 3.8) is 0 Å². The summed E-state index contributed by atoms with van der Waals surface area (Å²) >= 11 is 0. The van der Waals surface area contributed by atoms with E-state index in [-0.39, 0.29) is 5.60 Å². The van der Waals surface area contributed by atoms with Crippen molar-refractivity contribution in [3.05, 3.63) is 29.3 Å². The molecule has 82 valence electrons. The Kier molecular flexibility index (Phi) is 2.47. The largest absolute Gasteiger partial charge is 0.487 e. The number of fused-ring (bicyclic) bond motifs is 1. The highest BCUT2D eigenvalue weighted by atomic mass is 16.5. The Morgan fingerprint density at radius 1 is 1.47 bits per heavy atom. The van der Waals surface area contributed by atoms with Gasteiger partial charge in [0.2, 0.25) is 0 Å². The summed E-state index contributed by atoms with van der Waals surface area (Å²) in [5.74, 6) is 0.900. The fourth-order valence-electron chi connectivity index (χ4n) is 2.12. The molecule has 1 aliphatic heterocycles. The van der Waals surface area contributed by atoms with Gasteiger partial charge in [-0.2, -0.15) is 0 Å². The first-order chi connectivity index (χ1) is 7.03. The van der Waals surface area contributed by atoms with Crippen LogP contribution in [0, 0.1) is 0 Å². The number of hydrogen-bond donors (Lipinski definition) is 1. The van der Waals surface area contributed by atoms with Crippen LogP contribution in [0.1, 0.15) is 44.4 Å². The molecule has 0 spiro atoms. The molecule has 0 bridgehead atoms. The summed E-state index contributed by atoms with van der Waals surface area (Å²) in [7, 11) is 0. The number of hydrogen-bond acceptors (Lipinski definition) is 2. The summed E-state index contributed by atoms with van der Waals surface area (Å²) in [6, 6.07) is 6.03. The molecule has 2 heteroatoms. The maximum absolute atomic E-state index is 9.88. The van der Waals surface area contributed by atoms with Crippen molar-refractivity contribution >= 4 is 0 Å². The molecular weight excluding hydrogens is 188 g/mol. The summed E-state index contributed by atoms with van der Waals surface area (Å²) in [5, 5.41) is 9.88. The zero-order valence-corrected chi connectivity index (χ0v) is 9.58. The molecule has 1 unspecified atom stereocenters. The zero-order chi connectivity index (χ0) is 11.1. The summed E-state index contributed by atoms with van der Waals surface area (Å²) in [6.45, 7) is 6.13. The maximum Gasteiger partial charge on any atom is 0.129 e. The lowest BCUT2D eigenvalue weighted by Crippen LogP contribution is -2.25. The lowest BCUT2D eigenvalue weighted by Gasteiger charge is -2.19. The minimum atomic E-state index is -0.408. The van der Waals surface area contributed by atoms with Crippen molar-refractivity contribution in [1.29, 1.82) is 0 Å². The van der Waals surface area contributed by atoms with Crippen LogP contribution >= 0.6 is 0 Å². The summed E-state index contributed by atoms with van der Waals surface area (Å²) in [4.78, 5) is 0. The van der Waals surface area contributed by atoms with Gasteiger partial charge in [-0.3, -0.25) is 0 Å². The number of benzene rings is 1. The Morgan fingerprint density at radius 2 is 2.20 bits per heavy atom. The van der Waals surface area contributed by atoms with Crippen LogP contribution in [0.25, 0.3) is 0 Å². The smallest absolute Gasteiger partial charge is 0.129 e. The van der Waals surface area contributed by atoms with E-state index < -0.39 is 6.10 Å². The van der Waals surface area contributed by atoms with Crippen LogP contribution in [-0.2, 0) is 6.42 Å². The van der Waals surface area contributed by atoms with Gasteiger partial charge < -0.3 is 9.84 Å². The fraction of sp³-hybridized carbons (Fsp3) is 0.538. The average molecular weight is 206 g/mol. The second kappa shape index (κ2) is 3.53. The number of para-hydroxylation sites is 1. The first kappa shape index (κ1) is 10.5. The van der Waals surface area contributed by atoms with Crippen molar-refractivity contribution in [3.8, 4) is 5.75 Å². The highest BCUT2D eigenvalue weighted by Crippen LogP contribution is 2.40. The van der Waals surface area contributed by atoms with Gasteiger partial charge >= 0.3 is 0 Å². The molecule has 2 rings (SSSR count). The van der Waals surface area contributed by atoms with E-state index in [1.807, 2.05) is 19.1 Å². The van der Waals surface area contributed by atoms with Crippen LogP contribution in [-0.4, -0.2) is 10.7 Å². The third-order valence-corrected chi connectivity index (χ3v) is 2.87. The lowest BCUT2D eigenvalue weighted by atomic mass is 9.98. The van der Waals surface area contributed by atoms with E-state index in [2.05, 4.69) is 19.9 Å². The van der Waals surface area contributed by atoms with Crippen molar-refractivity contribution in [2.45, 2.75) is 45.3 Å². The summed E-state index contributed by atoms with van der Waals surface area (Å²) in [6.07, 6.45) is 1.24. The molecule has 1 aliphatic rings. The third-order valence-electron chi connectivity index (χ3n) is 2.87. The molecule has 0 fully saturated rings. The first-order valence-electron chi connectivity index (χ1n) is 5.52. The van der Waals surface area contributed by atoms with E-state index in [4.69, 9.17) is 4.74 Å². The van der Waals surface area contributed by atoms with Crippen LogP contribution in [0.4, 0.5) is 0 Å². The molecule has 0 saturated heterocycles. The van der Waals surface area contributed by atoms with Crippen molar-refractivity contribution in [1.82, 2.24) is 0 Å². The predicted octanol–water partition coefficient (Wildman–Crippen LogP) is 2.84. The second-order valence-electron chi connectivity index (χ2n) is 4.80. The molecule has 1 aromatic rings. The van der Waals surface area contributed by atoms with Gasteiger partial charge in [-0.05, 0) is 25.8 Å². The summed E-state index contributed by atoms with van der Waals surface area (Å²) in [5.41, 5.74) is 2.01. The average Bonchev–Trinajstić information content (AvgIpc) is 2.49. The molecule has 0 aliphatic carbocycles. The molecule has 0 aromatic heterocycles. The third kappa shape index (κ3) is 1.86. The van der Waals surface area contributed by atoms with Crippen LogP contribution < -0.4 is 4.74 Å². The Labute approximate surface area is 90.9 Å². The van der Waals surface area contributed by atoms with Crippen LogP contribution in [0.3, 0.4) is 0 Å². The minimum absolute atomic E-state index is 0.133. The number of aliphatic hydroxyl groups is 1. The zero-order valence-electron chi connectivity index (χ0n) is 9.58. The van der Waals surface area contributed by atoms with Gasteiger partial charge in [0.1, 0.15) is 11.4 Å². The first-order valence-corrected chi connectivity index (χ1v) is 5.52. The summed E-state index contributed by atoms with van der Waals surface area (Å²) < 4.78 is 5.89. The van der Waals surface area contributed by atoms with E-state index in [1.165, 1.54) is 5.56 Å². The van der Waals surface area contributed by atoms with Crippen molar-refractivity contribution in [2.24, 2.45) is 0 Å². The van der Waals surface area contributed by atoms with Gasteiger partial charge in [0, 0.05) is 12.0 Å². The standard InChI is InChI=1S/C13H18O2/c1-4-11(14)10-7-5-6-9-8-13(2,3)15-12(9)10/h5-7,11,14H,4,8H2,1-3H3. The maximum atomic E-state index is 9.88. The highest BCUT2D eigenvalue weighted by Gasteiger charge is 2.32. The quantitative estimate of drug-likeness (QED) is 0.806. The Balaban J connectivity index is 2.41. The molecule has 1 heterocycles. The van der Waals surface area contributed by atoms with Crippen LogP contribution in [0.2, 0.25) is 0 Å². The monoisotopic (exact) mass is 206 g/mol. The minimum Gasteiger partial charge on any atom is -0.487 e. The lowest BCUT2D eigenvalue weighted by molar-refractivity contribution is 0.125. The van der Waals surface area contributed by atoms with Gasteiger partial charge in [0.05, 0.1) is 6.10 Å². The van der Waals surface area contributed by atoms with E-state index in [0.29, 0.717) is 0 Å². The van der Waals surface area contributed by atoms with Gasteiger partial charge in [0.15, 0.2) is 0 Å². The van der Waals surface area contributed by atoms with Gasteiger partial charge in [-0.25, -0.2) is 0 Å². The molecule has 0 saturated carbocycles. The Morgan fingerprint density at radius 3 is 2.87 bits per heavy atom. The van der Waals surface area contributed by atoms with Gasteiger partial charge in [0.25, 0.3) is 0 Å². The van der Waals surface area contributed by atoms with Crippen LogP contribution in [0.15, 0.2) is 18.2 Å². The van der Waals surface area contributed by atoms with E-state index in [0.717, 1.165) is 24.2 Å². The molecule has 2 nitrogen and oxygen atoms in total. The molecule has 1 aromatic carbocycles. The molecular formula is C13H18O2. The van der Waals surface area contributed by atoms with Crippen LogP contribution in [0.5, 0.6) is 5.75 Å². The van der Waals surface area contributed by atoms with Gasteiger partial charge in [-0.15, -0.1) is 0 Å². The normalized spacial score (nSPS) is 19.5. The van der Waals surface area contributed by atoms with E-state index >= 15 is 0 Å². The predicted molar refractivity (Wildman–Crippen MR) is 60.1 cm³/mol. The Bertz CT molecular complexity index is 369. The second-order valence-corrected chi connectivity index (χ2v) is 4.80. The topological polar surface area (TPSA) is 29.5 Å². The van der Waals surface area contributed by atoms with E-state index in [1.54, 1.807) is 0 Å². The molecule has 0 amide bonds. The van der Waals surface area contributed by atoms with E-state index in [9.17, 15) is 5.11 Å². The van der Waals surface area contributed by atoms with Gasteiger partial charge in [-0.1, -0.05) is 25.1 Å². The molecule has 15 heavy (non-hydrogen) atoms. The molecule has 1 atom stereocenters. The van der Waals surface area contributed by atoms with Crippen molar-refractivity contribution < 1.29 is 9.84 Å². The highest BCUT2D eigenvalue weighted by molar-refractivity contribution is 5.46. The fourth-order valence-corrected chi connectivity index (χ4v) is 2.12.